The Labute approximate surface area is 141 Å². The second-order valence-corrected chi connectivity index (χ2v) is 6.68. The smallest absolute Gasteiger partial charge is 0.226 e. The molecule has 6 heteroatoms. The summed E-state index contributed by atoms with van der Waals surface area (Å²) in [6, 6.07) is 7.98. The van der Waals surface area contributed by atoms with Gasteiger partial charge in [0.15, 0.2) is 5.58 Å². The molecule has 1 aromatic carbocycles. The summed E-state index contributed by atoms with van der Waals surface area (Å²) in [5, 5.41) is 8.09. The van der Waals surface area contributed by atoms with E-state index >= 15 is 0 Å². The van der Waals surface area contributed by atoms with Crippen LogP contribution >= 0.6 is 0 Å². The number of hydrogen-bond acceptors (Lipinski definition) is 5. The summed E-state index contributed by atoms with van der Waals surface area (Å²) in [7, 11) is 0. The van der Waals surface area contributed by atoms with Crippen LogP contribution < -0.4 is 5.32 Å². The zero-order valence-electron chi connectivity index (χ0n) is 13.7. The molecule has 2 aliphatic heterocycles. The first-order valence-electron chi connectivity index (χ1n) is 8.76. The van der Waals surface area contributed by atoms with Gasteiger partial charge in [-0.1, -0.05) is 23.7 Å². The fourth-order valence-electron chi connectivity index (χ4n) is 3.77. The van der Waals surface area contributed by atoms with Crippen LogP contribution in [0, 0.1) is 0 Å². The molecule has 4 rings (SSSR count). The molecule has 2 aromatic rings. The van der Waals surface area contributed by atoms with Crippen molar-refractivity contribution in [3.05, 3.63) is 30.0 Å². The van der Waals surface area contributed by atoms with E-state index in [1.54, 1.807) is 0 Å². The molecule has 6 nitrogen and oxygen atoms in total. The lowest BCUT2D eigenvalue weighted by Crippen LogP contribution is -2.52. The van der Waals surface area contributed by atoms with E-state index in [0.717, 1.165) is 24.1 Å². The maximum absolute atomic E-state index is 12.5. The molecule has 2 saturated heterocycles. The van der Waals surface area contributed by atoms with E-state index in [1.807, 2.05) is 24.3 Å². The highest BCUT2D eigenvalue weighted by molar-refractivity contribution is 5.86. The van der Waals surface area contributed by atoms with E-state index in [1.165, 1.54) is 19.3 Å². The monoisotopic (exact) mass is 329 g/mol. The minimum atomic E-state index is -0.0217. The van der Waals surface area contributed by atoms with Crippen molar-refractivity contribution in [2.24, 2.45) is 0 Å². The van der Waals surface area contributed by atoms with E-state index in [-0.39, 0.29) is 18.4 Å². The van der Waals surface area contributed by atoms with E-state index in [0.29, 0.717) is 24.9 Å². The first-order valence-corrected chi connectivity index (χ1v) is 8.76. The van der Waals surface area contributed by atoms with Gasteiger partial charge in [0.05, 0.1) is 31.7 Å². The highest BCUT2D eigenvalue weighted by Gasteiger charge is 2.34. The zero-order chi connectivity index (χ0) is 16.4. The van der Waals surface area contributed by atoms with Crippen LogP contribution in [0.1, 0.15) is 25.0 Å². The topological polar surface area (TPSA) is 67.6 Å². The van der Waals surface area contributed by atoms with Gasteiger partial charge in [0.1, 0.15) is 5.69 Å². The van der Waals surface area contributed by atoms with Crippen LogP contribution in [0.25, 0.3) is 11.0 Å². The number of hydrogen-bond donors (Lipinski definition) is 1. The van der Waals surface area contributed by atoms with Crippen molar-refractivity contribution < 1.29 is 14.1 Å². The highest BCUT2D eigenvalue weighted by atomic mass is 16.5. The molecule has 1 N–H and O–H groups in total. The summed E-state index contributed by atoms with van der Waals surface area (Å²) < 4.78 is 10.9. The number of likely N-dealkylation sites (tertiary alicyclic amines) is 1. The molecule has 2 aliphatic rings. The number of nitrogens with one attached hydrogen (secondary N) is 1. The number of fused-ring (bicyclic) bond motifs is 1. The van der Waals surface area contributed by atoms with Crippen LogP contribution in [-0.4, -0.2) is 54.4 Å². The average molecular weight is 329 g/mol. The van der Waals surface area contributed by atoms with Gasteiger partial charge in [-0.2, -0.15) is 0 Å². The Morgan fingerprint density at radius 3 is 2.92 bits per heavy atom. The summed E-state index contributed by atoms with van der Waals surface area (Å²) in [4.78, 5) is 14.9. The third kappa shape index (κ3) is 3.16. The number of amides is 1. The van der Waals surface area contributed by atoms with Crippen LogP contribution in [-0.2, 0) is 16.0 Å². The second-order valence-electron chi connectivity index (χ2n) is 6.68. The molecule has 0 saturated carbocycles. The molecule has 0 unspecified atom stereocenters. The predicted octanol–water partition coefficient (Wildman–Crippen LogP) is 1.74. The maximum atomic E-state index is 12.5. The first kappa shape index (κ1) is 15.6. The average Bonchev–Trinajstić information content (AvgIpc) is 3.23. The summed E-state index contributed by atoms with van der Waals surface area (Å²) in [6.07, 6.45) is 4.02. The second kappa shape index (κ2) is 6.91. The largest absolute Gasteiger partial charge is 0.378 e. The summed E-state index contributed by atoms with van der Waals surface area (Å²) >= 11 is 0. The molecule has 3 heterocycles. The van der Waals surface area contributed by atoms with E-state index < -0.39 is 0 Å². The molecule has 0 radical (unpaired) electrons. The van der Waals surface area contributed by atoms with Gasteiger partial charge in [0, 0.05) is 5.39 Å². The number of piperidine rings is 1. The number of carbonyl (C=O) groups excluding carboxylic acids is 1. The SMILES string of the molecule is O=C(Cc1noc2ccccc12)N[C@@H]1COC[C@H]1N1CCCCC1. The Balaban J connectivity index is 1.40. The number of para-hydroxylation sites is 1. The Bertz CT molecular complexity index is 708. The lowest BCUT2D eigenvalue weighted by atomic mass is 10.0. The van der Waals surface area contributed by atoms with E-state index in [9.17, 15) is 4.79 Å². The van der Waals surface area contributed by atoms with Crippen molar-refractivity contribution in [2.75, 3.05) is 26.3 Å². The van der Waals surface area contributed by atoms with Crippen molar-refractivity contribution in [2.45, 2.75) is 37.8 Å². The van der Waals surface area contributed by atoms with Gasteiger partial charge in [-0.25, -0.2) is 0 Å². The highest BCUT2D eigenvalue weighted by Crippen LogP contribution is 2.20. The number of benzene rings is 1. The van der Waals surface area contributed by atoms with Gasteiger partial charge in [0.25, 0.3) is 0 Å². The van der Waals surface area contributed by atoms with Crippen molar-refractivity contribution in [1.29, 1.82) is 0 Å². The normalized spacial score (nSPS) is 25.2. The Kier molecular flexibility index (Phi) is 4.49. The van der Waals surface area contributed by atoms with E-state index in [2.05, 4.69) is 15.4 Å². The van der Waals surface area contributed by atoms with Crippen LogP contribution in [0.15, 0.2) is 28.8 Å². The predicted molar refractivity (Wildman–Crippen MR) is 89.7 cm³/mol. The number of ether oxygens (including phenoxy) is 1. The standard InChI is InChI=1S/C18H23N3O3/c22-18(10-14-13-6-2-3-7-17(13)24-20-14)19-15-11-23-12-16(15)21-8-4-1-5-9-21/h2-3,6-7,15-16H,1,4-5,8-12H2,(H,19,22)/t15-,16-/m1/s1. The van der Waals surface area contributed by atoms with E-state index in [4.69, 9.17) is 9.26 Å². The molecule has 1 aromatic heterocycles. The summed E-state index contributed by atoms with van der Waals surface area (Å²) in [6.45, 7) is 3.51. The quantitative estimate of drug-likeness (QED) is 0.925. The molecule has 2 atom stereocenters. The fourth-order valence-corrected chi connectivity index (χ4v) is 3.77. The van der Waals surface area contributed by atoms with Crippen molar-refractivity contribution in [1.82, 2.24) is 15.4 Å². The minimum Gasteiger partial charge on any atom is -0.378 e. The zero-order valence-corrected chi connectivity index (χ0v) is 13.7. The molecule has 1 amide bonds. The van der Waals surface area contributed by atoms with Crippen LogP contribution in [0.2, 0.25) is 0 Å². The van der Waals surface area contributed by atoms with Crippen LogP contribution in [0.3, 0.4) is 0 Å². The third-order valence-corrected chi connectivity index (χ3v) is 5.04. The summed E-state index contributed by atoms with van der Waals surface area (Å²) in [5.74, 6) is -0.0217. The molecule has 0 spiro atoms. The lowest BCUT2D eigenvalue weighted by molar-refractivity contribution is -0.121. The van der Waals surface area contributed by atoms with Crippen molar-refractivity contribution in [3.63, 3.8) is 0 Å². The van der Waals surface area contributed by atoms with Crippen LogP contribution in [0.4, 0.5) is 0 Å². The van der Waals surface area contributed by atoms with Crippen molar-refractivity contribution >= 4 is 16.9 Å². The number of carbonyl (C=O) groups is 1. The molecular formula is C18H23N3O3. The Hall–Kier alpha value is -1.92. The molecule has 0 aliphatic carbocycles. The number of rotatable bonds is 4. The third-order valence-electron chi connectivity index (χ3n) is 5.04. The molecular weight excluding hydrogens is 306 g/mol. The van der Waals surface area contributed by atoms with Gasteiger partial charge in [0.2, 0.25) is 5.91 Å². The van der Waals surface area contributed by atoms with Crippen molar-refractivity contribution in [3.8, 4) is 0 Å². The van der Waals surface area contributed by atoms with Gasteiger partial charge in [-0.05, 0) is 38.1 Å². The molecule has 0 bridgehead atoms. The molecule has 2 fully saturated rings. The summed E-state index contributed by atoms with van der Waals surface area (Å²) in [5.41, 5.74) is 1.41. The van der Waals surface area contributed by atoms with Crippen LogP contribution in [0.5, 0.6) is 0 Å². The molecule has 128 valence electrons. The molecule has 24 heavy (non-hydrogen) atoms. The van der Waals surface area contributed by atoms with Gasteiger partial charge in [-0.15, -0.1) is 0 Å². The van der Waals surface area contributed by atoms with Gasteiger partial charge in [-0.3, -0.25) is 9.69 Å². The van der Waals surface area contributed by atoms with Gasteiger partial charge >= 0.3 is 0 Å². The Morgan fingerprint density at radius 2 is 2.04 bits per heavy atom. The Morgan fingerprint density at radius 1 is 1.21 bits per heavy atom. The number of nitrogens with zero attached hydrogens (tertiary/aromatic N) is 2. The number of aromatic nitrogens is 1. The first-order chi connectivity index (χ1) is 11.8. The van der Waals surface area contributed by atoms with Gasteiger partial charge < -0.3 is 14.6 Å². The minimum absolute atomic E-state index is 0.0217. The fraction of sp³-hybridized carbons (Fsp3) is 0.556. The maximum Gasteiger partial charge on any atom is 0.226 e. The lowest BCUT2D eigenvalue weighted by Gasteiger charge is -2.34.